The summed E-state index contributed by atoms with van der Waals surface area (Å²) in [6.07, 6.45) is 7.70. The second kappa shape index (κ2) is 1.76. The predicted molar refractivity (Wildman–Crippen MR) is 40.8 cm³/mol. The first kappa shape index (κ1) is 6.66. The first-order chi connectivity index (χ1) is 4.66. The number of aliphatic hydroxyl groups is 1. The van der Waals surface area contributed by atoms with Crippen LogP contribution in [0.3, 0.4) is 0 Å². The molecule has 0 radical (unpaired) electrons. The quantitative estimate of drug-likeness (QED) is 0.546. The fourth-order valence-electron chi connectivity index (χ4n) is 2.56. The van der Waals surface area contributed by atoms with Gasteiger partial charge in [-0.2, -0.15) is 0 Å². The van der Waals surface area contributed by atoms with Crippen LogP contribution in [-0.4, -0.2) is 10.7 Å². The summed E-state index contributed by atoms with van der Waals surface area (Å²) in [5.41, 5.74) is 0.0959. The van der Waals surface area contributed by atoms with Gasteiger partial charge in [0.2, 0.25) is 0 Å². The van der Waals surface area contributed by atoms with E-state index in [0.29, 0.717) is 5.41 Å². The van der Waals surface area contributed by atoms with E-state index in [1.165, 1.54) is 32.1 Å². The number of hydrogen-bond acceptors (Lipinski definition) is 1. The highest BCUT2D eigenvalue weighted by atomic mass is 16.3. The van der Waals surface area contributed by atoms with Gasteiger partial charge in [-0.25, -0.2) is 0 Å². The molecule has 10 heavy (non-hydrogen) atoms. The lowest BCUT2D eigenvalue weighted by Crippen LogP contribution is -2.19. The van der Waals surface area contributed by atoms with E-state index in [9.17, 15) is 5.11 Å². The second-order valence-electron chi connectivity index (χ2n) is 4.29. The van der Waals surface area contributed by atoms with Gasteiger partial charge in [0.25, 0.3) is 0 Å². The molecule has 0 aromatic heterocycles. The van der Waals surface area contributed by atoms with Crippen LogP contribution in [-0.2, 0) is 0 Å². The highest BCUT2D eigenvalue weighted by Gasteiger charge is 2.62. The maximum absolute atomic E-state index is 9.71. The summed E-state index contributed by atoms with van der Waals surface area (Å²) in [5.74, 6) is 0. The van der Waals surface area contributed by atoms with Crippen molar-refractivity contribution in [2.24, 2.45) is 5.41 Å². The smallest absolute Gasteiger partial charge is 0.0683 e. The Morgan fingerprint density at radius 2 is 1.60 bits per heavy atom. The van der Waals surface area contributed by atoms with E-state index in [1.807, 2.05) is 6.92 Å². The molecule has 2 saturated carbocycles. The molecule has 58 valence electrons. The second-order valence-corrected chi connectivity index (χ2v) is 4.29. The van der Waals surface area contributed by atoms with Crippen molar-refractivity contribution in [3.63, 3.8) is 0 Å². The largest absolute Gasteiger partial charge is 0.390 e. The Morgan fingerprint density at radius 3 is 1.90 bits per heavy atom. The topological polar surface area (TPSA) is 20.2 Å². The summed E-state index contributed by atoms with van der Waals surface area (Å²) in [6.45, 7) is 2.00. The highest BCUT2D eigenvalue weighted by molar-refractivity contribution is 5.13. The molecule has 1 nitrogen and oxygen atoms in total. The Bertz CT molecular complexity index is 143. The summed E-state index contributed by atoms with van der Waals surface area (Å²) in [4.78, 5) is 0. The number of rotatable bonds is 0. The molecule has 1 N–H and O–H groups in total. The third kappa shape index (κ3) is 0.731. The Morgan fingerprint density at radius 1 is 1.10 bits per heavy atom. The zero-order chi connectivity index (χ0) is 7.24. The van der Waals surface area contributed by atoms with E-state index in [4.69, 9.17) is 0 Å². The minimum atomic E-state index is -0.284. The molecule has 0 aliphatic heterocycles. The maximum Gasteiger partial charge on any atom is 0.0683 e. The molecule has 2 fully saturated rings. The van der Waals surface area contributed by atoms with Gasteiger partial charge >= 0.3 is 0 Å². The van der Waals surface area contributed by atoms with Crippen molar-refractivity contribution in [1.29, 1.82) is 0 Å². The lowest BCUT2D eigenvalue weighted by atomic mass is 9.84. The summed E-state index contributed by atoms with van der Waals surface area (Å²) >= 11 is 0. The molecular formula is C9H16O. The van der Waals surface area contributed by atoms with E-state index >= 15 is 0 Å². The minimum Gasteiger partial charge on any atom is -0.390 e. The molecule has 1 spiro atoms. The lowest BCUT2D eigenvalue weighted by Gasteiger charge is -2.23. The van der Waals surface area contributed by atoms with Crippen molar-refractivity contribution in [2.45, 2.75) is 51.0 Å². The molecule has 2 aliphatic carbocycles. The molecule has 1 atom stereocenters. The van der Waals surface area contributed by atoms with Crippen LogP contribution in [0.1, 0.15) is 45.4 Å². The van der Waals surface area contributed by atoms with Gasteiger partial charge in [-0.15, -0.1) is 0 Å². The van der Waals surface area contributed by atoms with Gasteiger partial charge in [0.1, 0.15) is 0 Å². The first-order valence-corrected chi connectivity index (χ1v) is 4.39. The van der Waals surface area contributed by atoms with Crippen LogP contribution in [0.4, 0.5) is 0 Å². The van der Waals surface area contributed by atoms with Crippen molar-refractivity contribution < 1.29 is 5.11 Å². The average Bonchev–Trinajstić information content (AvgIpc) is 2.36. The Hall–Kier alpha value is -0.0400. The van der Waals surface area contributed by atoms with Crippen LogP contribution in [0.25, 0.3) is 0 Å². The van der Waals surface area contributed by atoms with Crippen molar-refractivity contribution in [3.8, 4) is 0 Å². The van der Waals surface area contributed by atoms with Crippen LogP contribution in [0.5, 0.6) is 0 Å². The molecule has 2 rings (SSSR count). The summed E-state index contributed by atoms with van der Waals surface area (Å²) in [6, 6.07) is 0. The molecule has 0 saturated heterocycles. The van der Waals surface area contributed by atoms with Gasteiger partial charge < -0.3 is 5.11 Å². The zero-order valence-electron chi connectivity index (χ0n) is 6.69. The molecular weight excluding hydrogens is 124 g/mol. The van der Waals surface area contributed by atoms with E-state index < -0.39 is 0 Å². The predicted octanol–water partition coefficient (Wildman–Crippen LogP) is 2.09. The standard InChI is InChI=1S/C9H16O/c1-8(10)7-9(8)5-3-2-4-6-9/h10H,2-7H2,1H3. The number of hydrogen-bond donors (Lipinski definition) is 1. The average molecular weight is 140 g/mol. The Balaban J connectivity index is 2.05. The monoisotopic (exact) mass is 140 g/mol. The van der Waals surface area contributed by atoms with Gasteiger partial charge in [0.15, 0.2) is 0 Å². The molecule has 0 heterocycles. The Kier molecular flexibility index (Phi) is 1.17. The fraction of sp³-hybridized carbons (Fsp3) is 1.00. The van der Waals surface area contributed by atoms with Gasteiger partial charge in [0.05, 0.1) is 5.60 Å². The van der Waals surface area contributed by atoms with Crippen LogP contribution in [0.2, 0.25) is 0 Å². The minimum absolute atomic E-state index is 0.284. The van der Waals surface area contributed by atoms with Crippen LogP contribution in [0, 0.1) is 5.41 Å². The molecule has 1 heteroatoms. The van der Waals surface area contributed by atoms with Crippen molar-refractivity contribution in [3.05, 3.63) is 0 Å². The first-order valence-electron chi connectivity index (χ1n) is 4.39. The molecule has 0 aromatic carbocycles. The molecule has 2 aliphatic rings. The lowest BCUT2D eigenvalue weighted by molar-refractivity contribution is 0.0968. The van der Waals surface area contributed by atoms with Gasteiger partial charge in [-0.1, -0.05) is 19.3 Å². The third-order valence-electron chi connectivity index (χ3n) is 3.51. The molecule has 0 bridgehead atoms. The summed E-state index contributed by atoms with van der Waals surface area (Å²) in [5, 5.41) is 9.71. The van der Waals surface area contributed by atoms with Crippen LogP contribution >= 0.6 is 0 Å². The van der Waals surface area contributed by atoms with Crippen molar-refractivity contribution >= 4 is 0 Å². The van der Waals surface area contributed by atoms with E-state index in [-0.39, 0.29) is 5.60 Å². The summed E-state index contributed by atoms with van der Waals surface area (Å²) < 4.78 is 0. The van der Waals surface area contributed by atoms with Crippen molar-refractivity contribution in [1.82, 2.24) is 0 Å². The van der Waals surface area contributed by atoms with Crippen molar-refractivity contribution in [2.75, 3.05) is 0 Å². The van der Waals surface area contributed by atoms with Gasteiger partial charge in [0, 0.05) is 5.41 Å². The fourth-order valence-corrected chi connectivity index (χ4v) is 2.56. The Labute approximate surface area is 62.4 Å². The normalized spacial score (nSPS) is 43.8. The van der Waals surface area contributed by atoms with E-state index in [1.54, 1.807) is 0 Å². The SMILES string of the molecule is CC1(O)CC12CCCCC2. The van der Waals surface area contributed by atoms with Crippen LogP contribution < -0.4 is 0 Å². The zero-order valence-corrected chi connectivity index (χ0v) is 6.69. The molecule has 1 unspecified atom stereocenters. The van der Waals surface area contributed by atoms with Gasteiger partial charge in [-0.05, 0) is 26.2 Å². The summed E-state index contributed by atoms with van der Waals surface area (Å²) in [7, 11) is 0. The van der Waals surface area contributed by atoms with E-state index in [2.05, 4.69) is 0 Å². The van der Waals surface area contributed by atoms with E-state index in [0.717, 1.165) is 6.42 Å². The molecule has 0 amide bonds. The third-order valence-corrected chi connectivity index (χ3v) is 3.51. The highest BCUT2D eigenvalue weighted by Crippen LogP contribution is 2.63. The van der Waals surface area contributed by atoms with Gasteiger partial charge in [-0.3, -0.25) is 0 Å². The maximum atomic E-state index is 9.71. The van der Waals surface area contributed by atoms with Crippen LogP contribution in [0.15, 0.2) is 0 Å². The molecule has 0 aromatic rings.